The Morgan fingerprint density at radius 1 is 1.29 bits per heavy atom. The monoisotopic (exact) mass is 417 g/mol. The molecule has 1 aliphatic carbocycles. The first-order chi connectivity index (χ1) is 13.4. The van der Waals surface area contributed by atoms with Crippen LogP contribution in [0.1, 0.15) is 29.3 Å². The standard InChI is InChI=1S/C20H23N3O3S2/c1-13-7-8-16-17(9-13)27-20-18(16)19(21-12-22-20)26-11-14-5-4-6-15(10-14)28(24,25)23(2)3/h4-6,10,12-13H,7-9,11H2,1-3H3. The number of ether oxygens (including phenoxy) is 1. The number of aryl methyl sites for hydroxylation is 1. The highest BCUT2D eigenvalue weighted by Gasteiger charge is 2.24. The van der Waals surface area contributed by atoms with E-state index >= 15 is 0 Å². The molecule has 4 rings (SSSR count). The number of hydrogen-bond acceptors (Lipinski definition) is 6. The summed E-state index contributed by atoms with van der Waals surface area (Å²) in [6, 6.07) is 6.84. The number of hydrogen-bond donors (Lipinski definition) is 0. The number of thiophene rings is 1. The van der Waals surface area contributed by atoms with Crippen LogP contribution >= 0.6 is 11.3 Å². The minimum absolute atomic E-state index is 0.254. The third-order valence-electron chi connectivity index (χ3n) is 5.11. The third-order valence-corrected chi connectivity index (χ3v) is 8.08. The van der Waals surface area contributed by atoms with E-state index in [2.05, 4.69) is 16.9 Å². The molecule has 148 valence electrons. The quantitative estimate of drug-likeness (QED) is 0.634. The molecule has 28 heavy (non-hydrogen) atoms. The summed E-state index contributed by atoms with van der Waals surface area (Å²) in [5.41, 5.74) is 2.10. The van der Waals surface area contributed by atoms with Gasteiger partial charge < -0.3 is 4.74 Å². The number of rotatable bonds is 5. The van der Waals surface area contributed by atoms with Gasteiger partial charge in [-0.05, 0) is 48.4 Å². The van der Waals surface area contributed by atoms with E-state index in [-0.39, 0.29) is 11.5 Å². The average Bonchev–Trinajstić information content (AvgIpc) is 3.04. The predicted octanol–water partition coefficient (Wildman–Crippen LogP) is 3.65. The summed E-state index contributed by atoms with van der Waals surface area (Å²) in [6.07, 6.45) is 4.81. The van der Waals surface area contributed by atoms with Gasteiger partial charge >= 0.3 is 0 Å². The lowest BCUT2D eigenvalue weighted by molar-refractivity contribution is 0.297. The summed E-state index contributed by atoms with van der Waals surface area (Å²) in [5, 5.41) is 1.02. The summed E-state index contributed by atoms with van der Waals surface area (Å²) in [6.45, 7) is 2.54. The van der Waals surface area contributed by atoms with Gasteiger partial charge in [0.25, 0.3) is 0 Å². The highest BCUT2D eigenvalue weighted by atomic mass is 32.2. The molecular formula is C20H23N3O3S2. The largest absolute Gasteiger partial charge is 0.472 e. The normalized spacial score (nSPS) is 17.1. The van der Waals surface area contributed by atoms with E-state index in [0.29, 0.717) is 11.8 Å². The molecule has 2 heterocycles. The van der Waals surface area contributed by atoms with Crippen molar-refractivity contribution in [2.45, 2.75) is 37.7 Å². The van der Waals surface area contributed by atoms with Gasteiger partial charge in [0.05, 0.1) is 10.3 Å². The Morgan fingerprint density at radius 3 is 2.89 bits per heavy atom. The lowest BCUT2D eigenvalue weighted by Gasteiger charge is -2.18. The van der Waals surface area contributed by atoms with Gasteiger partial charge in [-0.3, -0.25) is 0 Å². The Labute approximate surface area is 169 Å². The summed E-state index contributed by atoms with van der Waals surface area (Å²) < 4.78 is 31.9. The Bertz CT molecular complexity index is 1120. The fourth-order valence-electron chi connectivity index (χ4n) is 3.51. The van der Waals surface area contributed by atoms with Crippen LogP contribution in [-0.4, -0.2) is 36.8 Å². The predicted molar refractivity (Wildman–Crippen MR) is 110 cm³/mol. The van der Waals surface area contributed by atoms with Crippen LogP contribution in [0.2, 0.25) is 0 Å². The number of aromatic nitrogens is 2. The molecule has 0 spiro atoms. The minimum Gasteiger partial charge on any atom is -0.472 e. The zero-order valence-corrected chi connectivity index (χ0v) is 17.8. The maximum Gasteiger partial charge on any atom is 0.242 e. The Morgan fingerprint density at radius 2 is 2.11 bits per heavy atom. The van der Waals surface area contributed by atoms with Gasteiger partial charge in [0.2, 0.25) is 15.9 Å². The van der Waals surface area contributed by atoms with Crippen molar-refractivity contribution < 1.29 is 13.2 Å². The minimum atomic E-state index is -3.47. The Balaban J connectivity index is 1.62. The summed E-state index contributed by atoms with van der Waals surface area (Å²) >= 11 is 1.73. The molecule has 0 aliphatic heterocycles. The van der Waals surface area contributed by atoms with Gasteiger partial charge in [-0.15, -0.1) is 11.3 Å². The van der Waals surface area contributed by atoms with Gasteiger partial charge in [-0.1, -0.05) is 19.1 Å². The Kier molecular flexibility index (Phi) is 5.11. The zero-order chi connectivity index (χ0) is 19.9. The van der Waals surface area contributed by atoms with Gasteiger partial charge in [0.1, 0.15) is 17.8 Å². The average molecular weight is 418 g/mol. The first kappa shape index (κ1) is 19.3. The maximum absolute atomic E-state index is 12.4. The van der Waals surface area contributed by atoms with Crippen molar-refractivity contribution in [3.63, 3.8) is 0 Å². The topological polar surface area (TPSA) is 72.4 Å². The van der Waals surface area contributed by atoms with Crippen molar-refractivity contribution in [2.24, 2.45) is 5.92 Å². The summed E-state index contributed by atoms with van der Waals surface area (Å²) in [5.74, 6) is 1.28. The van der Waals surface area contributed by atoms with Crippen LogP contribution in [0.5, 0.6) is 5.88 Å². The number of sulfonamides is 1. The van der Waals surface area contributed by atoms with Gasteiger partial charge in [0.15, 0.2) is 0 Å². The third kappa shape index (κ3) is 3.52. The summed E-state index contributed by atoms with van der Waals surface area (Å²) in [4.78, 5) is 11.4. The molecule has 3 aromatic rings. The molecule has 0 fully saturated rings. The molecule has 1 aliphatic rings. The second kappa shape index (κ2) is 7.42. The van der Waals surface area contributed by atoms with E-state index in [4.69, 9.17) is 4.74 Å². The van der Waals surface area contributed by atoms with Crippen molar-refractivity contribution >= 4 is 31.6 Å². The van der Waals surface area contributed by atoms with Crippen molar-refractivity contribution in [2.75, 3.05) is 14.1 Å². The van der Waals surface area contributed by atoms with Crippen molar-refractivity contribution in [1.82, 2.24) is 14.3 Å². The molecule has 0 saturated heterocycles. The summed E-state index contributed by atoms with van der Waals surface area (Å²) in [7, 11) is -0.423. The first-order valence-corrected chi connectivity index (χ1v) is 11.5. The molecule has 8 heteroatoms. The van der Waals surface area contributed by atoms with E-state index in [9.17, 15) is 8.42 Å². The van der Waals surface area contributed by atoms with Crippen LogP contribution in [0.3, 0.4) is 0 Å². The SMILES string of the molecule is CC1CCc2c(sc3ncnc(OCc4cccc(S(=O)(=O)N(C)C)c4)c23)C1. The fourth-order valence-corrected chi connectivity index (χ4v) is 5.83. The molecule has 0 bridgehead atoms. The van der Waals surface area contributed by atoms with Crippen LogP contribution in [0.15, 0.2) is 35.5 Å². The van der Waals surface area contributed by atoms with E-state index in [1.54, 1.807) is 29.5 Å². The number of nitrogens with zero attached hydrogens (tertiary/aromatic N) is 3. The molecule has 2 aromatic heterocycles. The number of fused-ring (bicyclic) bond motifs is 3. The highest BCUT2D eigenvalue weighted by Crippen LogP contribution is 2.40. The molecule has 0 N–H and O–H groups in total. The first-order valence-electron chi connectivity index (χ1n) is 9.25. The second-order valence-corrected chi connectivity index (χ2v) is 10.7. The smallest absolute Gasteiger partial charge is 0.242 e. The van der Waals surface area contributed by atoms with Crippen LogP contribution < -0.4 is 4.74 Å². The molecular weight excluding hydrogens is 394 g/mol. The Hall–Kier alpha value is -2.03. The molecule has 0 amide bonds. The van der Waals surface area contributed by atoms with E-state index < -0.39 is 10.0 Å². The maximum atomic E-state index is 12.4. The van der Waals surface area contributed by atoms with Gasteiger partial charge in [-0.2, -0.15) is 0 Å². The van der Waals surface area contributed by atoms with Crippen LogP contribution in [0, 0.1) is 5.92 Å². The molecule has 1 unspecified atom stereocenters. The highest BCUT2D eigenvalue weighted by molar-refractivity contribution is 7.89. The fraction of sp³-hybridized carbons (Fsp3) is 0.400. The molecule has 0 radical (unpaired) electrons. The van der Waals surface area contributed by atoms with Gasteiger partial charge in [0, 0.05) is 19.0 Å². The van der Waals surface area contributed by atoms with Crippen LogP contribution in [0.25, 0.3) is 10.2 Å². The van der Waals surface area contributed by atoms with Crippen molar-refractivity contribution in [1.29, 1.82) is 0 Å². The molecule has 1 aromatic carbocycles. The lowest BCUT2D eigenvalue weighted by atomic mass is 9.89. The van der Waals surface area contributed by atoms with E-state index in [1.165, 1.54) is 35.2 Å². The molecule has 0 saturated carbocycles. The molecule has 1 atom stereocenters. The van der Waals surface area contributed by atoms with E-state index in [1.807, 2.05) is 6.07 Å². The van der Waals surface area contributed by atoms with Crippen molar-refractivity contribution in [3.05, 3.63) is 46.6 Å². The second-order valence-electron chi connectivity index (χ2n) is 7.43. The lowest BCUT2D eigenvalue weighted by Crippen LogP contribution is -2.22. The van der Waals surface area contributed by atoms with E-state index in [0.717, 1.165) is 35.0 Å². The van der Waals surface area contributed by atoms with Crippen LogP contribution in [-0.2, 0) is 29.5 Å². The zero-order valence-electron chi connectivity index (χ0n) is 16.2. The van der Waals surface area contributed by atoms with Gasteiger partial charge in [-0.25, -0.2) is 22.7 Å². The van der Waals surface area contributed by atoms with Crippen LogP contribution in [0.4, 0.5) is 0 Å². The number of benzene rings is 1. The molecule has 6 nitrogen and oxygen atoms in total. The van der Waals surface area contributed by atoms with Crippen molar-refractivity contribution in [3.8, 4) is 5.88 Å².